The lowest BCUT2D eigenvalue weighted by Crippen LogP contribution is -1.98. The van der Waals surface area contributed by atoms with Crippen LogP contribution in [0.2, 0.25) is 10.0 Å². The Bertz CT molecular complexity index is 617. The Morgan fingerprint density at radius 3 is 2.55 bits per heavy atom. The van der Waals surface area contributed by atoms with Gasteiger partial charge in [0.2, 0.25) is 0 Å². The molecular weight excluding hydrogens is 363 g/mol. The summed E-state index contributed by atoms with van der Waals surface area (Å²) in [7, 11) is 0. The van der Waals surface area contributed by atoms with Gasteiger partial charge in [-0.2, -0.15) is 0 Å². The molecule has 20 heavy (non-hydrogen) atoms. The highest BCUT2D eigenvalue weighted by Gasteiger charge is 2.14. The first kappa shape index (κ1) is 15.6. The fourth-order valence-corrected chi connectivity index (χ4v) is 2.60. The molecule has 2 nitrogen and oxygen atoms in total. The van der Waals surface area contributed by atoms with E-state index in [4.69, 9.17) is 27.9 Å². The summed E-state index contributed by atoms with van der Waals surface area (Å²) < 4.78 is 6.51. The molecule has 0 radical (unpaired) electrons. The Balaban J connectivity index is 2.38. The van der Waals surface area contributed by atoms with E-state index < -0.39 is 6.10 Å². The molecule has 0 amide bonds. The van der Waals surface area contributed by atoms with Crippen LogP contribution >= 0.6 is 39.1 Å². The van der Waals surface area contributed by atoms with E-state index in [0.29, 0.717) is 32.4 Å². The minimum Gasteiger partial charge on any atom is -0.455 e. The van der Waals surface area contributed by atoms with Crippen LogP contribution in [0.1, 0.15) is 25.0 Å². The number of hydrogen-bond acceptors (Lipinski definition) is 2. The van der Waals surface area contributed by atoms with Crippen LogP contribution in [0, 0.1) is 0 Å². The lowest BCUT2D eigenvalue weighted by atomic mass is 10.1. The second kappa shape index (κ2) is 6.81. The van der Waals surface area contributed by atoms with Gasteiger partial charge in [0.15, 0.2) is 0 Å². The number of ether oxygens (including phenoxy) is 1. The highest BCUT2D eigenvalue weighted by molar-refractivity contribution is 9.10. The first-order chi connectivity index (χ1) is 9.52. The molecule has 2 rings (SSSR count). The van der Waals surface area contributed by atoms with Gasteiger partial charge in [-0.1, -0.05) is 48.3 Å². The minimum atomic E-state index is -0.573. The Morgan fingerprint density at radius 2 is 1.85 bits per heavy atom. The zero-order valence-corrected chi connectivity index (χ0v) is 13.8. The summed E-state index contributed by atoms with van der Waals surface area (Å²) in [5.41, 5.74) is 0.727. The van der Waals surface area contributed by atoms with Crippen LogP contribution in [0.25, 0.3) is 0 Å². The second-order valence-corrected chi connectivity index (χ2v) is 5.93. The number of rotatable bonds is 4. The van der Waals surface area contributed by atoms with Crippen molar-refractivity contribution in [1.82, 2.24) is 0 Å². The maximum Gasteiger partial charge on any atom is 0.147 e. The fourth-order valence-electron chi connectivity index (χ4n) is 1.77. The van der Waals surface area contributed by atoms with Gasteiger partial charge in [0.1, 0.15) is 11.5 Å². The summed E-state index contributed by atoms with van der Waals surface area (Å²) >= 11 is 15.5. The number of para-hydroxylation sites is 1. The molecule has 0 bridgehead atoms. The molecule has 0 heterocycles. The van der Waals surface area contributed by atoms with Crippen LogP contribution in [-0.4, -0.2) is 5.11 Å². The topological polar surface area (TPSA) is 29.5 Å². The summed E-state index contributed by atoms with van der Waals surface area (Å²) in [5.74, 6) is 1.03. The zero-order chi connectivity index (χ0) is 14.7. The van der Waals surface area contributed by atoms with Gasteiger partial charge in [-0.3, -0.25) is 0 Å². The largest absolute Gasteiger partial charge is 0.455 e. The normalized spacial score (nSPS) is 12.2. The molecule has 0 saturated heterocycles. The number of benzene rings is 2. The smallest absolute Gasteiger partial charge is 0.147 e. The minimum absolute atomic E-state index is 0.446. The van der Waals surface area contributed by atoms with Crippen LogP contribution < -0.4 is 4.74 Å². The van der Waals surface area contributed by atoms with E-state index in [2.05, 4.69) is 15.9 Å². The number of hydrogen-bond donors (Lipinski definition) is 1. The molecule has 0 aliphatic heterocycles. The fraction of sp³-hybridized carbons (Fsp3) is 0.200. The lowest BCUT2D eigenvalue weighted by molar-refractivity contribution is 0.170. The average Bonchev–Trinajstić information content (AvgIpc) is 2.44. The van der Waals surface area contributed by atoms with E-state index in [1.54, 1.807) is 18.2 Å². The van der Waals surface area contributed by atoms with E-state index in [0.717, 1.165) is 5.56 Å². The standard InChI is InChI=1S/C15H13BrCl2O2/c1-2-13(19)9-5-3-4-6-14(9)20-15-8-11(17)10(16)7-12(15)18/h3-8,13,19H,2H2,1H3/t13-/m1/s1. The Labute approximate surface area is 136 Å². The van der Waals surface area contributed by atoms with Crippen molar-refractivity contribution in [3.63, 3.8) is 0 Å². The van der Waals surface area contributed by atoms with E-state index in [9.17, 15) is 5.11 Å². The maximum absolute atomic E-state index is 10.0. The lowest BCUT2D eigenvalue weighted by Gasteiger charge is -2.15. The molecular formula is C15H13BrCl2O2. The molecule has 0 aliphatic rings. The van der Waals surface area contributed by atoms with Crippen molar-refractivity contribution in [3.05, 3.63) is 56.5 Å². The predicted octanol–water partition coefficient (Wildman–Crippen LogP) is 5.99. The van der Waals surface area contributed by atoms with Crippen molar-refractivity contribution in [2.75, 3.05) is 0 Å². The molecule has 1 N–H and O–H groups in total. The quantitative estimate of drug-likeness (QED) is 0.664. The molecule has 0 spiro atoms. The Morgan fingerprint density at radius 1 is 1.15 bits per heavy atom. The molecule has 5 heteroatoms. The summed E-state index contributed by atoms with van der Waals surface area (Å²) in [4.78, 5) is 0. The third-order valence-corrected chi connectivity index (χ3v) is 4.35. The van der Waals surface area contributed by atoms with Gasteiger partial charge in [0.05, 0.1) is 16.1 Å². The molecule has 0 saturated carbocycles. The maximum atomic E-state index is 10.0. The third kappa shape index (κ3) is 3.47. The summed E-state index contributed by atoms with van der Waals surface area (Å²) in [6, 6.07) is 10.6. The SMILES string of the molecule is CC[C@@H](O)c1ccccc1Oc1cc(Cl)c(Br)cc1Cl. The van der Waals surface area contributed by atoms with Crippen LogP contribution in [0.15, 0.2) is 40.9 Å². The average molecular weight is 376 g/mol. The van der Waals surface area contributed by atoms with Gasteiger partial charge in [0, 0.05) is 16.1 Å². The molecule has 0 aliphatic carbocycles. The highest BCUT2D eigenvalue weighted by Crippen LogP contribution is 2.38. The van der Waals surface area contributed by atoms with E-state index in [1.807, 2.05) is 25.1 Å². The molecule has 1 atom stereocenters. The molecule has 2 aromatic carbocycles. The molecule has 0 aromatic heterocycles. The third-order valence-electron chi connectivity index (χ3n) is 2.86. The first-order valence-corrected chi connectivity index (χ1v) is 7.67. The zero-order valence-electron chi connectivity index (χ0n) is 10.7. The van der Waals surface area contributed by atoms with Gasteiger partial charge in [-0.15, -0.1) is 0 Å². The summed E-state index contributed by atoms with van der Waals surface area (Å²) in [6.45, 7) is 1.91. The van der Waals surface area contributed by atoms with E-state index >= 15 is 0 Å². The van der Waals surface area contributed by atoms with Crippen molar-refractivity contribution in [2.45, 2.75) is 19.4 Å². The monoisotopic (exact) mass is 374 g/mol. The molecule has 2 aromatic rings. The van der Waals surface area contributed by atoms with Crippen molar-refractivity contribution >= 4 is 39.1 Å². The number of aliphatic hydroxyl groups is 1. The van der Waals surface area contributed by atoms with Crippen molar-refractivity contribution in [1.29, 1.82) is 0 Å². The molecule has 0 fully saturated rings. The second-order valence-electron chi connectivity index (χ2n) is 4.26. The van der Waals surface area contributed by atoms with E-state index in [-0.39, 0.29) is 0 Å². The highest BCUT2D eigenvalue weighted by atomic mass is 79.9. The summed E-state index contributed by atoms with van der Waals surface area (Å²) in [5, 5.41) is 11.0. The van der Waals surface area contributed by atoms with E-state index in [1.165, 1.54) is 0 Å². The molecule has 106 valence electrons. The Hall–Kier alpha value is -0.740. The van der Waals surface area contributed by atoms with Crippen LogP contribution in [0.4, 0.5) is 0 Å². The van der Waals surface area contributed by atoms with Crippen LogP contribution in [0.5, 0.6) is 11.5 Å². The van der Waals surface area contributed by atoms with Crippen LogP contribution in [-0.2, 0) is 0 Å². The number of aliphatic hydroxyl groups excluding tert-OH is 1. The van der Waals surface area contributed by atoms with Crippen LogP contribution in [0.3, 0.4) is 0 Å². The predicted molar refractivity (Wildman–Crippen MR) is 85.9 cm³/mol. The first-order valence-electron chi connectivity index (χ1n) is 6.12. The summed E-state index contributed by atoms with van der Waals surface area (Å²) in [6.07, 6.45) is 0.0331. The molecule has 0 unspecified atom stereocenters. The van der Waals surface area contributed by atoms with Crippen molar-refractivity contribution in [3.8, 4) is 11.5 Å². The number of halogens is 3. The van der Waals surface area contributed by atoms with Crippen molar-refractivity contribution in [2.24, 2.45) is 0 Å². The Kier molecular flexibility index (Phi) is 5.33. The van der Waals surface area contributed by atoms with Gasteiger partial charge < -0.3 is 9.84 Å². The van der Waals surface area contributed by atoms with Crippen molar-refractivity contribution < 1.29 is 9.84 Å². The van der Waals surface area contributed by atoms with Gasteiger partial charge in [-0.05, 0) is 34.5 Å². The van der Waals surface area contributed by atoms with Gasteiger partial charge >= 0.3 is 0 Å². The van der Waals surface area contributed by atoms with Gasteiger partial charge in [0.25, 0.3) is 0 Å². The van der Waals surface area contributed by atoms with Gasteiger partial charge in [-0.25, -0.2) is 0 Å².